The lowest BCUT2D eigenvalue weighted by molar-refractivity contribution is 0.0947. The van der Waals surface area contributed by atoms with E-state index in [1.54, 1.807) is 18.2 Å². The summed E-state index contributed by atoms with van der Waals surface area (Å²) in [6, 6.07) is 10.2. The van der Waals surface area contributed by atoms with E-state index in [1.165, 1.54) is 30.5 Å². The number of anilines is 1. The second-order valence-corrected chi connectivity index (χ2v) is 7.16. The van der Waals surface area contributed by atoms with E-state index in [0.29, 0.717) is 21.4 Å². The normalized spacial score (nSPS) is 11.1. The van der Waals surface area contributed by atoms with E-state index >= 15 is 0 Å². The molecule has 0 aliphatic carbocycles. The second-order valence-electron chi connectivity index (χ2n) is 6.35. The minimum absolute atomic E-state index is 0.00519. The van der Waals surface area contributed by atoms with Gasteiger partial charge in [0, 0.05) is 5.56 Å². The Morgan fingerprint density at radius 2 is 1.94 bits per heavy atom. The topological polar surface area (TPSA) is 146 Å². The third-order valence-corrected chi connectivity index (χ3v) is 4.88. The van der Waals surface area contributed by atoms with Crippen LogP contribution in [0.4, 0.5) is 10.2 Å². The van der Waals surface area contributed by atoms with E-state index in [0.717, 1.165) is 4.68 Å². The van der Waals surface area contributed by atoms with Crippen LogP contribution in [0.15, 0.2) is 52.2 Å². The smallest absolute Gasteiger partial charge is 0.293 e. The Morgan fingerprint density at radius 3 is 2.61 bits per heavy atom. The summed E-state index contributed by atoms with van der Waals surface area (Å²) in [7, 11) is 0. The molecule has 1 amide bonds. The first-order valence-corrected chi connectivity index (χ1v) is 9.88. The SMILES string of the molecule is Nc1nonc1-n1nnc(C(=O)N/N=C\c2c(Cl)cccc2Cl)c1COc1ccc(F)cc1. The molecule has 2 aromatic heterocycles. The van der Waals surface area contributed by atoms with Crippen LogP contribution in [0.1, 0.15) is 21.7 Å². The van der Waals surface area contributed by atoms with Crippen molar-refractivity contribution in [2.45, 2.75) is 6.61 Å². The lowest BCUT2D eigenvalue weighted by atomic mass is 10.2. The highest BCUT2D eigenvalue weighted by molar-refractivity contribution is 6.38. The third-order valence-electron chi connectivity index (χ3n) is 4.22. The molecule has 0 bridgehead atoms. The molecule has 168 valence electrons. The van der Waals surface area contributed by atoms with Gasteiger partial charge in [0.15, 0.2) is 5.69 Å². The van der Waals surface area contributed by atoms with E-state index in [4.69, 9.17) is 33.7 Å². The molecule has 0 radical (unpaired) electrons. The number of rotatable bonds is 7. The maximum atomic E-state index is 13.2. The number of hydrogen-bond donors (Lipinski definition) is 2. The van der Waals surface area contributed by atoms with Crippen molar-refractivity contribution in [1.29, 1.82) is 0 Å². The van der Waals surface area contributed by atoms with Crippen LogP contribution >= 0.6 is 23.2 Å². The Hall–Kier alpha value is -4.03. The molecule has 0 unspecified atom stereocenters. The van der Waals surface area contributed by atoms with Crippen molar-refractivity contribution in [3.05, 3.63) is 75.3 Å². The highest BCUT2D eigenvalue weighted by atomic mass is 35.5. The van der Waals surface area contributed by atoms with Crippen molar-refractivity contribution in [1.82, 2.24) is 30.7 Å². The molecule has 4 aromatic rings. The number of amides is 1. The Labute approximate surface area is 194 Å². The number of ether oxygens (including phenoxy) is 1. The molecular formula is C19H13Cl2FN8O3. The molecule has 0 aliphatic rings. The molecule has 2 aromatic carbocycles. The van der Waals surface area contributed by atoms with Crippen LogP contribution in [-0.2, 0) is 6.61 Å². The van der Waals surface area contributed by atoms with E-state index in [-0.39, 0.29) is 29.6 Å². The molecule has 0 saturated carbocycles. The summed E-state index contributed by atoms with van der Waals surface area (Å²) in [4.78, 5) is 12.7. The summed E-state index contributed by atoms with van der Waals surface area (Å²) in [5.41, 5.74) is 8.50. The minimum atomic E-state index is -0.714. The largest absolute Gasteiger partial charge is 0.487 e. The van der Waals surface area contributed by atoms with Crippen LogP contribution in [0.25, 0.3) is 5.82 Å². The number of aromatic nitrogens is 5. The van der Waals surface area contributed by atoms with Crippen molar-refractivity contribution in [2.24, 2.45) is 5.10 Å². The summed E-state index contributed by atoms with van der Waals surface area (Å²) in [5, 5.41) is 19.5. The monoisotopic (exact) mass is 490 g/mol. The molecule has 0 spiro atoms. The number of nitrogens with one attached hydrogen (secondary N) is 1. The summed E-state index contributed by atoms with van der Waals surface area (Å²) in [5.74, 6) is -0.875. The number of carbonyl (C=O) groups excluding carboxylic acids is 1. The molecule has 33 heavy (non-hydrogen) atoms. The van der Waals surface area contributed by atoms with Crippen molar-refractivity contribution in [3.63, 3.8) is 0 Å². The number of nitrogen functional groups attached to an aromatic ring is 1. The average Bonchev–Trinajstić information content (AvgIpc) is 3.41. The first kappa shape index (κ1) is 22.2. The van der Waals surface area contributed by atoms with Gasteiger partial charge in [-0.2, -0.15) is 9.78 Å². The highest BCUT2D eigenvalue weighted by Gasteiger charge is 2.24. The molecule has 2 heterocycles. The fourth-order valence-corrected chi connectivity index (χ4v) is 3.14. The summed E-state index contributed by atoms with van der Waals surface area (Å²) in [6.07, 6.45) is 1.29. The van der Waals surface area contributed by atoms with Crippen molar-refractivity contribution in [3.8, 4) is 11.6 Å². The Morgan fingerprint density at radius 1 is 1.21 bits per heavy atom. The van der Waals surface area contributed by atoms with E-state index in [1.807, 2.05) is 0 Å². The van der Waals surface area contributed by atoms with Gasteiger partial charge in [0.2, 0.25) is 11.6 Å². The second kappa shape index (κ2) is 9.63. The first-order chi connectivity index (χ1) is 15.9. The maximum Gasteiger partial charge on any atom is 0.293 e. The van der Waals surface area contributed by atoms with Gasteiger partial charge in [-0.3, -0.25) is 4.79 Å². The van der Waals surface area contributed by atoms with Crippen LogP contribution in [0.5, 0.6) is 5.75 Å². The first-order valence-electron chi connectivity index (χ1n) is 9.13. The predicted octanol–water partition coefficient (Wildman–Crippen LogP) is 3.02. The molecule has 3 N–H and O–H groups in total. The van der Waals surface area contributed by atoms with Gasteiger partial charge in [-0.05, 0) is 46.7 Å². The van der Waals surface area contributed by atoms with Crippen LogP contribution in [0.3, 0.4) is 0 Å². The van der Waals surface area contributed by atoms with Gasteiger partial charge in [-0.1, -0.05) is 34.5 Å². The summed E-state index contributed by atoms with van der Waals surface area (Å²) < 4.78 is 24.5. The van der Waals surface area contributed by atoms with Gasteiger partial charge in [-0.25, -0.2) is 14.4 Å². The number of nitrogens with two attached hydrogens (primary N) is 1. The molecule has 14 heteroatoms. The molecule has 11 nitrogen and oxygen atoms in total. The third kappa shape index (κ3) is 4.91. The van der Waals surface area contributed by atoms with Crippen LogP contribution in [-0.4, -0.2) is 37.4 Å². The van der Waals surface area contributed by atoms with Gasteiger partial charge < -0.3 is 10.5 Å². The molecule has 0 atom stereocenters. The standard InChI is InChI=1S/C19H13Cl2FN8O3/c20-13-2-1-3-14(21)12(13)8-24-26-19(31)16-15(9-32-11-6-4-10(22)5-7-11)30(29-25-16)18-17(23)27-33-28-18/h1-8H,9H2,(H2,23,27)(H,26,31)/b24-8-. The van der Waals surface area contributed by atoms with E-state index in [2.05, 4.69) is 35.8 Å². The van der Waals surface area contributed by atoms with E-state index in [9.17, 15) is 9.18 Å². The molecule has 0 aliphatic heterocycles. The van der Waals surface area contributed by atoms with Gasteiger partial charge in [0.25, 0.3) is 5.91 Å². The Bertz CT molecular complexity index is 1300. The van der Waals surface area contributed by atoms with Gasteiger partial charge >= 0.3 is 0 Å². The number of nitrogens with zero attached hydrogens (tertiary/aromatic N) is 6. The number of halogens is 3. The zero-order valence-corrected chi connectivity index (χ0v) is 18.0. The van der Waals surface area contributed by atoms with Gasteiger partial charge in [-0.15, -0.1) is 5.10 Å². The number of hydrazone groups is 1. The number of carbonyl (C=O) groups is 1. The molecule has 4 rings (SSSR count). The molecule has 0 saturated heterocycles. The predicted molar refractivity (Wildman–Crippen MR) is 116 cm³/mol. The fraction of sp³-hybridized carbons (Fsp3) is 0.0526. The molecule has 0 fully saturated rings. The van der Waals surface area contributed by atoms with Crippen LogP contribution < -0.4 is 15.9 Å². The zero-order valence-electron chi connectivity index (χ0n) is 16.4. The summed E-state index contributed by atoms with van der Waals surface area (Å²) >= 11 is 12.2. The lowest BCUT2D eigenvalue weighted by Gasteiger charge is -2.08. The molecular weight excluding hydrogens is 478 g/mol. The lowest BCUT2D eigenvalue weighted by Crippen LogP contribution is -2.21. The Balaban J connectivity index is 1.59. The quantitative estimate of drug-likeness (QED) is 0.296. The van der Waals surface area contributed by atoms with E-state index < -0.39 is 11.7 Å². The summed E-state index contributed by atoms with van der Waals surface area (Å²) in [6.45, 7) is -0.201. The fourth-order valence-electron chi connectivity index (χ4n) is 2.64. The van der Waals surface area contributed by atoms with Crippen molar-refractivity contribution < 1.29 is 18.6 Å². The van der Waals surface area contributed by atoms with Crippen LogP contribution in [0, 0.1) is 5.82 Å². The Kier molecular flexibility index (Phi) is 6.47. The van der Waals surface area contributed by atoms with Crippen LogP contribution in [0.2, 0.25) is 10.0 Å². The highest BCUT2D eigenvalue weighted by Crippen LogP contribution is 2.22. The van der Waals surface area contributed by atoms with Crippen molar-refractivity contribution in [2.75, 3.05) is 5.73 Å². The van der Waals surface area contributed by atoms with Crippen molar-refractivity contribution >= 4 is 41.1 Å². The zero-order chi connectivity index (χ0) is 23.4. The number of benzene rings is 2. The average molecular weight is 491 g/mol. The van der Waals surface area contributed by atoms with Gasteiger partial charge in [0.05, 0.1) is 16.3 Å². The minimum Gasteiger partial charge on any atom is -0.487 e. The number of hydrogen-bond acceptors (Lipinski definition) is 9. The van der Waals surface area contributed by atoms with Gasteiger partial charge in [0.1, 0.15) is 23.9 Å². The maximum absolute atomic E-state index is 13.2.